The number of ether oxygens (including phenoxy) is 1. The molecule has 3 N–H and O–H groups in total. The van der Waals surface area contributed by atoms with Gasteiger partial charge in [-0.05, 0) is 6.07 Å². The summed E-state index contributed by atoms with van der Waals surface area (Å²) in [5.74, 6) is 1.32. The van der Waals surface area contributed by atoms with Crippen molar-refractivity contribution in [1.29, 1.82) is 0 Å². The second kappa shape index (κ2) is 5.55. The fourth-order valence-electron chi connectivity index (χ4n) is 1.54. The van der Waals surface area contributed by atoms with E-state index >= 15 is 0 Å². The Morgan fingerprint density at radius 2 is 2.11 bits per heavy atom. The van der Waals surface area contributed by atoms with E-state index in [1.165, 1.54) is 6.33 Å². The predicted octanol–water partition coefficient (Wildman–Crippen LogP) is 2.33. The van der Waals surface area contributed by atoms with Crippen LogP contribution >= 0.6 is 11.6 Å². The molecule has 0 amide bonds. The zero-order chi connectivity index (χ0) is 13.0. The smallest absolute Gasteiger partial charge is 0.157 e. The van der Waals surface area contributed by atoms with Crippen LogP contribution in [0.1, 0.15) is 5.56 Å². The molecule has 0 spiro atoms. The third-order valence-corrected chi connectivity index (χ3v) is 2.78. The minimum atomic E-state index is 0.243. The monoisotopic (exact) mass is 264 g/mol. The first-order valence-corrected chi connectivity index (χ1v) is 5.72. The number of nitrogens with zero attached hydrogens (tertiary/aromatic N) is 2. The Morgan fingerprint density at radius 3 is 2.89 bits per heavy atom. The van der Waals surface area contributed by atoms with Crippen LogP contribution in [0.2, 0.25) is 5.15 Å². The minimum Gasteiger partial charge on any atom is -0.496 e. The number of hydrogen-bond acceptors (Lipinski definition) is 5. The van der Waals surface area contributed by atoms with Crippen LogP contribution < -0.4 is 15.8 Å². The zero-order valence-corrected chi connectivity index (χ0v) is 10.6. The van der Waals surface area contributed by atoms with Gasteiger partial charge in [0.15, 0.2) is 11.0 Å². The molecule has 1 heterocycles. The van der Waals surface area contributed by atoms with Gasteiger partial charge in [-0.2, -0.15) is 0 Å². The molecule has 0 fully saturated rings. The molecule has 0 aliphatic rings. The molecule has 0 atom stereocenters. The second-order valence-corrected chi connectivity index (χ2v) is 3.95. The van der Waals surface area contributed by atoms with Crippen LogP contribution in [0.4, 0.5) is 11.5 Å². The van der Waals surface area contributed by atoms with Crippen molar-refractivity contribution < 1.29 is 4.74 Å². The highest BCUT2D eigenvalue weighted by Crippen LogP contribution is 2.24. The maximum atomic E-state index is 5.81. The first-order valence-electron chi connectivity index (χ1n) is 5.34. The number of benzene rings is 1. The highest BCUT2D eigenvalue weighted by molar-refractivity contribution is 6.32. The number of nitrogens with two attached hydrogens (primary N) is 1. The number of para-hydroxylation sites is 1. The lowest BCUT2D eigenvalue weighted by Crippen LogP contribution is -2.06. The summed E-state index contributed by atoms with van der Waals surface area (Å²) >= 11 is 5.81. The number of anilines is 2. The Morgan fingerprint density at radius 1 is 1.33 bits per heavy atom. The molecule has 5 nitrogen and oxygen atoms in total. The lowest BCUT2D eigenvalue weighted by Gasteiger charge is -2.11. The van der Waals surface area contributed by atoms with Crippen molar-refractivity contribution in [3.05, 3.63) is 41.3 Å². The molecule has 2 aromatic rings. The van der Waals surface area contributed by atoms with Gasteiger partial charge in [0, 0.05) is 12.1 Å². The van der Waals surface area contributed by atoms with E-state index in [0.29, 0.717) is 18.1 Å². The predicted molar refractivity (Wildman–Crippen MR) is 71.8 cm³/mol. The number of rotatable bonds is 4. The molecule has 94 valence electrons. The number of nitrogen functional groups attached to an aromatic ring is 1. The largest absolute Gasteiger partial charge is 0.496 e. The SMILES string of the molecule is COc1ccccc1CNc1ncnc(Cl)c1N. The van der Waals surface area contributed by atoms with Crippen molar-refractivity contribution in [3.63, 3.8) is 0 Å². The van der Waals surface area contributed by atoms with Crippen LogP contribution in [-0.2, 0) is 6.54 Å². The summed E-state index contributed by atoms with van der Waals surface area (Å²) in [5.41, 5.74) is 7.12. The Kier molecular flexibility index (Phi) is 3.84. The Labute approximate surface area is 110 Å². The molecule has 6 heteroatoms. The van der Waals surface area contributed by atoms with Gasteiger partial charge in [-0.25, -0.2) is 9.97 Å². The fraction of sp³-hybridized carbons (Fsp3) is 0.167. The van der Waals surface area contributed by atoms with Gasteiger partial charge in [-0.1, -0.05) is 29.8 Å². The normalized spacial score (nSPS) is 10.1. The molecule has 0 radical (unpaired) electrons. The van der Waals surface area contributed by atoms with Gasteiger partial charge in [-0.3, -0.25) is 0 Å². The third kappa shape index (κ3) is 2.62. The Hall–Kier alpha value is -2.01. The van der Waals surface area contributed by atoms with Crippen molar-refractivity contribution in [1.82, 2.24) is 9.97 Å². The van der Waals surface area contributed by atoms with Crippen LogP contribution in [0.3, 0.4) is 0 Å². The summed E-state index contributed by atoms with van der Waals surface area (Å²) in [4.78, 5) is 7.83. The molecule has 0 saturated carbocycles. The number of hydrogen-bond donors (Lipinski definition) is 2. The summed E-state index contributed by atoms with van der Waals surface area (Å²) in [6.45, 7) is 0.543. The lowest BCUT2D eigenvalue weighted by molar-refractivity contribution is 0.410. The van der Waals surface area contributed by atoms with Crippen molar-refractivity contribution in [2.75, 3.05) is 18.2 Å². The van der Waals surface area contributed by atoms with E-state index in [0.717, 1.165) is 11.3 Å². The van der Waals surface area contributed by atoms with E-state index in [2.05, 4.69) is 15.3 Å². The highest BCUT2D eigenvalue weighted by atomic mass is 35.5. The summed E-state index contributed by atoms with van der Waals surface area (Å²) in [6, 6.07) is 7.71. The number of halogens is 1. The molecule has 0 bridgehead atoms. The van der Waals surface area contributed by atoms with Crippen LogP contribution in [-0.4, -0.2) is 17.1 Å². The van der Waals surface area contributed by atoms with E-state index in [1.54, 1.807) is 7.11 Å². The highest BCUT2D eigenvalue weighted by Gasteiger charge is 2.07. The van der Waals surface area contributed by atoms with Crippen molar-refractivity contribution >= 4 is 23.1 Å². The summed E-state index contributed by atoms with van der Waals surface area (Å²) in [5, 5.41) is 3.35. The molecule has 0 saturated heterocycles. The molecule has 2 rings (SSSR count). The van der Waals surface area contributed by atoms with E-state index in [9.17, 15) is 0 Å². The van der Waals surface area contributed by atoms with Crippen molar-refractivity contribution in [3.8, 4) is 5.75 Å². The topological polar surface area (TPSA) is 73.1 Å². The average molecular weight is 265 g/mol. The molecule has 1 aromatic carbocycles. The van der Waals surface area contributed by atoms with E-state index in [4.69, 9.17) is 22.1 Å². The van der Waals surface area contributed by atoms with Gasteiger partial charge < -0.3 is 15.8 Å². The molecular weight excluding hydrogens is 252 g/mol. The van der Waals surface area contributed by atoms with Gasteiger partial charge in [0.05, 0.1) is 7.11 Å². The zero-order valence-electron chi connectivity index (χ0n) is 9.85. The van der Waals surface area contributed by atoms with Crippen LogP contribution in [0, 0.1) is 0 Å². The van der Waals surface area contributed by atoms with Crippen LogP contribution in [0.15, 0.2) is 30.6 Å². The summed E-state index contributed by atoms with van der Waals surface area (Å²) < 4.78 is 5.26. The van der Waals surface area contributed by atoms with Gasteiger partial charge in [-0.15, -0.1) is 0 Å². The molecule has 18 heavy (non-hydrogen) atoms. The molecule has 0 aliphatic heterocycles. The molecule has 0 aliphatic carbocycles. The Bertz CT molecular complexity index is 547. The van der Waals surface area contributed by atoms with E-state index in [1.807, 2.05) is 24.3 Å². The minimum absolute atomic E-state index is 0.243. The average Bonchev–Trinajstić information content (AvgIpc) is 2.41. The lowest BCUT2D eigenvalue weighted by atomic mass is 10.2. The van der Waals surface area contributed by atoms with Gasteiger partial charge >= 0.3 is 0 Å². The summed E-state index contributed by atoms with van der Waals surface area (Å²) in [6.07, 6.45) is 1.36. The first-order chi connectivity index (χ1) is 8.72. The number of nitrogens with one attached hydrogen (secondary N) is 1. The van der Waals surface area contributed by atoms with E-state index < -0.39 is 0 Å². The van der Waals surface area contributed by atoms with Gasteiger partial charge in [0.2, 0.25) is 0 Å². The van der Waals surface area contributed by atoms with E-state index in [-0.39, 0.29) is 5.15 Å². The molecular formula is C12H13ClN4O. The first kappa shape index (κ1) is 12.4. The standard InChI is InChI=1S/C12H13ClN4O/c1-18-9-5-3-2-4-8(9)6-15-12-10(14)11(13)16-7-17-12/h2-5,7H,6,14H2,1H3,(H,15,16,17). The number of aromatic nitrogens is 2. The number of methoxy groups -OCH3 is 1. The fourth-order valence-corrected chi connectivity index (χ4v) is 1.68. The van der Waals surface area contributed by atoms with Crippen LogP contribution in [0.25, 0.3) is 0 Å². The third-order valence-electron chi connectivity index (χ3n) is 2.47. The maximum absolute atomic E-state index is 5.81. The maximum Gasteiger partial charge on any atom is 0.157 e. The molecule has 0 unspecified atom stereocenters. The second-order valence-electron chi connectivity index (χ2n) is 3.59. The summed E-state index contributed by atoms with van der Waals surface area (Å²) in [7, 11) is 1.63. The van der Waals surface area contributed by atoms with Gasteiger partial charge in [0.25, 0.3) is 0 Å². The van der Waals surface area contributed by atoms with Crippen molar-refractivity contribution in [2.45, 2.75) is 6.54 Å². The molecule has 1 aromatic heterocycles. The van der Waals surface area contributed by atoms with Crippen LogP contribution in [0.5, 0.6) is 5.75 Å². The quantitative estimate of drug-likeness (QED) is 0.829. The van der Waals surface area contributed by atoms with Crippen molar-refractivity contribution in [2.24, 2.45) is 0 Å². The Balaban J connectivity index is 2.14. The van der Waals surface area contributed by atoms with Gasteiger partial charge in [0.1, 0.15) is 17.8 Å².